The summed E-state index contributed by atoms with van der Waals surface area (Å²) in [5, 5.41) is 12.6. The molecule has 0 aromatic heterocycles. The Labute approximate surface area is 117 Å². The lowest BCUT2D eigenvalue weighted by Gasteiger charge is -2.26. The SMILES string of the molecule is COc1cccc(SCC(C)(NC2CC2)C(=O)O)c1. The van der Waals surface area contributed by atoms with Crippen molar-refractivity contribution in [2.24, 2.45) is 0 Å². The van der Waals surface area contributed by atoms with E-state index >= 15 is 0 Å². The van der Waals surface area contributed by atoms with Crippen molar-refractivity contribution in [3.8, 4) is 5.75 Å². The van der Waals surface area contributed by atoms with Crippen molar-refractivity contribution >= 4 is 17.7 Å². The Kier molecular flexibility index (Phi) is 4.37. The van der Waals surface area contributed by atoms with Crippen LogP contribution >= 0.6 is 11.8 Å². The van der Waals surface area contributed by atoms with Gasteiger partial charge in [0.1, 0.15) is 11.3 Å². The van der Waals surface area contributed by atoms with E-state index in [4.69, 9.17) is 4.74 Å². The zero-order chi connectivity index (χ0) is 13.9. The van der Waals surface area contributed by atoms with Crippen LogP contribution in [-0.2, 0) is 4.79 Å². The molecule has 1 atom stereocenters. The molecule has 1 aromatic rings. The molecule has 0 heterocycles. The molecule has 1 aliphatic rings. The van der Waals surface area contributed by atoms with E-state index in [-0.39, 0.29) is 0 Å². The number of carbonyl (C=O) groups is 1. The van der Waals surface area contributed by atoms with E-state index in [1.54, 1.807) is 14.0 Å². The third-order valence-electron chi connectivity index (χ3n) is 3.14. The van der Waals surface area contributed by atoms with Gasteiger partial charge in [0.25, 0.3) is 0 Å². The molecule has 0 amide bonds. The van der Waals surface area contributed by atoms with Crippen molar-refractivity contribution in [3.05, 3.63) is 24.3 Å². The van der Waals surface area contributed by atoms with Crippen molar-refractivity contribution in [2.45, 2.75) is 36.2 Å². The highest BCUT2D eigenvalue weighted by Crippen LogP contribution is 2.29. The molecule has 2 rings (SSSR count). The topological polar surface area (TPSA) is 58.6 Å². The highest BCUT2D eigenvalue weighted by Gasteiger charge is 2.38. The summed E-state index contributed by atoms with van der Waals surface area (Å²) in [7, 11) is 1.62. The van der Waals surface area contributed by atoms with Crippen LogP contribution in [0.3, 0.4) is 0 Å². The molecule has 0 bridgehead atoms. The minimum Gasteiger partial charge on any atom is -0.497 e. The van der Waals surface area contributed by atoms with Crippen LogP contribution in [0.1, 0.15) is 19.8 Å². The number of hydrogen-bond donors (Lipinski definition) is 2. The lowest BCUT2D eigenvalue weighted by Crippen LogP contribution is -2.52. The number of ether oxygens (including phenoxy) is 1. The van der Waals surface area contributed by atoms with Gasteiger partial charge in [-0.1, -0.05) is 6.07 Å². The average molecular weight is 281 g/mol. The Morgan fingerprint density at radius 2 is 2.32 bits per heavy atom. The van der Waals surface area contributed by atoms with E-state index in [2.05, 4.69) is 5.32 Å². The van der Waals surface area contributed by atoms with Gasteiger partial charge >= 0.3 is 5.97 Å². The van der Waals surface area contributed by atoms with Crippen LogP contribution in [0.5, 0.6) is 5.75 Å². The van der Waals surface area contributed by atoms with E-state index in [0.29, 0.717) is 11.8 Å². The number of hydrogen-bond acceptors (Lipinski definition) is 4. The Morgan fingerprint density at radius 3 is 2.89 bits per heavy atom. The van der Waals surface area contributed by atoms with Gasteiger partial charge in [-0.15, -0.1) is 11.8 Å². The molecule has 1 fully saturated rings. The molecular formula is C14H19NO3S. The summed E-state index contributed by atoms with van der Waals surface area (Å²) in [4.78, 5) is 12.4. The summed E-state index contributed by atoms with van der Waals surface area (Å²) in [5.41, 5.74) is -0.880. The normalized spacial score (nSPS) is 17.8. The number of nitrogens with one attached hydrogen (secondary N) is 1. The molecular weight excluding hydrogens is 262 g/mol. The Balaban J connectivity index is 1.99. The van der Waals surface area contributed by atoms with Crippen LogP contribution < -0.4 is 10.1 Å². The van der Waals surface area contributed by atoms with Gasteiger partial charge in [0.05, 0.1) is 7.11 Å². The minimum atomic E-state index is -0.880. The van der Waals surface area contributed by atoms with Crippen molar-refractivity contribution in [1.29, 1.82) is 0 Å². The maximum Gasteiger partial charge on any atom is 0.324 e. The van der Waals surface area contributed by atoms with Gasteiger partial charge in [0.15, 0.2) is 0 Å². The predicted octanol–water partition coefficient (Wildman–Crippen LogP) is 2.38. The van der Waals surface area contributed by atoms with Crippen LogP contribution in [0.25, 0.3) is 0 Å². The van der Waals surface area contributed by atoms with Gasteiger partial charge in [0.2, 0.25) is 0 Å². The third-order valence-corrected chi connectivity index (χ3v) is 4.45. The molecule has 0 spiro atoms. The molecule has 2 N–H and O–H groups in total. The number of carboxylic acids is 1. The Hall–Kier alpha value is -1.20. The summed E-state index contributed by atoms with van der Waals surface area (Å²) in [6.07, 6.45) is 2.15. The van der Waals surface area contributed by atoms with E-state index < -0.39 is 11.5 Å². The molecule has 1 aromatic carbocycles. The zero-order valence-electron chi connectivity index (χ0n) is 11.2. The largest absolute Gasteiger partial charge is 0.497 e. The van der Waals surface area contributed by atoms with Crippen molar-refractivity contribution in [2.75, 3.05) is 12.9 Å². The van der Waals surface area contributed by atoms with Gasteiger partial charge in [-0.3, -0.25) is 10.1 Å². The number of carboxylic acid groups (broad SMARTS) is 1. The maximum atomic E-state index is 11.4. The van der Waals surface area contributed by atoms with E-state index in [1.165, 1.54) is 11.8 Å². The number of benzene rings is 1. The van der Waals surface area contributed by atoms with Gasteiger partial charge in [-0.05, 0) is 38.0 Å². The zero-order valence-corrected chi connectivity index (χ0v) is 12.0. The summed E-state index contributed by atoms with van der Waals surface area (Å²) in [6, 6.07) is 8.04. The van der Waals surface area contributed by atoms with Gasteiger partial charge in [-0.2, -0.15) is 0 Å². The summed E-state index contributed by atoms with van der Waals surface area (Å²) < 4.78 is 5.16. The first-order valence-corrected chi connectivity index (χ1v) is 7.30. The van der Waals surface area contributed by atoms with E-state index in [9.17, 15) is 9.90 Å². The lowest BCUT2D eigenvalue weighted by atomic mass is 10.1. The fourth-order valence-corrected chi connectivity index (χ4v) is 2.80. The van der Waals surface area contributed by atoms with Gasteiger partial charge in [0, 0.05) is 16.7 Å². The maximum absolute atomic E-state index is 11.4. The predicted molar refractivity (Wildman–Crippen MR) is 75.9 cm³/mol. The highest BCUT2D eigenvalue weighted by atomic mass is 32.2. The summed E-state index contributed by atoms with van der Waals surface area (Å²) in [5.74, 6) is 0.485. The average Bonchev–Trinajstić information content (AvgIpc) is 3.20. The molecule has 0 saturated heterocycles. The Morgan fingerprint density at radius 1 is 1.58 bits per heavy atom. The van der Waals surface area contributed by atoms with Gasteiger partial charge in [-0.25, -0.2) is 0 Å². The van der Waals surface area contributed by atoms with Crippen LogP contribution in [0.15, 0.2) is 29.2 Å². The molecule has 5 heteroatoms. The number of thioether (sulfide) groups is 1. The van der Waals surface area contributed by atoms with Crippen molar-refractivity contribution < 1.29 is 14.6 Å². The first-order chi connectivity index (χ1) is 9.03. The first kappa shape index (κ1) is 14.2. The fourth-order valence-electron chi connectivity index (χ4n) is 1.76. The molecule has 1 saturated carbocycles. The summed E-state index contributed by atoms with van der Waals surface area (Å²) in [6.45, 7) is 1.75. The van der Waals surface area contributed by atoms with Crippen molar-refractivity contribution in [3.63, 3.8) is 0 Å². The second-order valence-electron chi connectivity index (χ2n) is 5.02. The molecule has 0 radical (unpaired) electrons. The highest BCUT2D eigenvalue weighted by molar-refractivity contribution is 7.99. The number of rotatable bonds is 7. The van der Waals surface area contributed by atoms with Crippen LogP contribution in [0, 0.1) is 0 Å². The molecule has 19 heavy (non-hydrogen) atoms. The molecule has 1 unspecified atom stereocenters. The number of methoxy groups -OCH3 is 1. The number of aliphatic carboxylic acids is 1. The van der Waals surface area contributed by atoms with Gasteiger partial charge < -0.3 is 9.84 Å². The quantitative estimate of drug-likeness (QED) is 0.752. The van der Waals surface area contributed by atoms with Crippen molar-refractivity contribution in [1.82, 2.24) is 5.32 Å². The lowest BCUT2D eigenvalue weighted by molar-refractivity contribution is -0.143. The molecule has 104 valence electrons. The monoisotopic (exact) mass is 281 g/mol. The summed E-state index contributed by atoms with van der Waals surface area (Å²) >= 11 is 1.53. The van der Waals surface area contributed by atoms with Crippen LogP contribution in [0.4, 0.5) is 0 Å². The molecule has 4 nitrogen and oxygen atoms in total. The second-order valence-corrected chi connectivity index (χ2v) is 6.07. The third kappa shape index (κ3) is 3.88. The first-order valence-electron chi connectivity index (χ1n) is 6.31. The van der Waals surface area contributed by atoms with E-state index in [1.807, 2.05) is 24.3 Å². The van der Waals surface area contributed by atoms with E-state index in [0.717, 1.165) is 23.5 Å². The fraction of sp³-hybridized carbons (Fsp3) is 0.500. The Bertz CT molecular complexity index is 462. The second kappa shape index (κ2) is 5.84. The standard InChI is InChI=1S/C14H19NO3S/c1-14(13(16)17,15-10-6-7-10)9-19-12-5-3-4-11(8-12)18-2/h3-5,8,10,15H,6-7,9H2,1-2H3,(H,16,17). The van der Waals surface area contributed by atoms with Crippen LogP contribution in [0.2, 0.25) is 0 Å². The smallest absolute Gasteiger partial charge is 0.324 e. The minimum absolute atomic E-state index is 0.368. The molecule has 0 aliphatic heterocycles. The molecule has 1 aliphatic carbocycles. The van der Waals surface area contributed by atoms with Crippen LogP contribution in [-0.4, -0.2) is 35.5 Å².